The largest absolute Gasteiger partial charge is 0.444 e. The minimum Gasteiger partial charge on any atom is -0.444 e. The quantitative estimate of drug-likeness (QED) is 0.108. The molecule has 15 heteroatoms. The molecule has 2 atom stereocenters. The number of amidine groups is 1. The second kappa shape index (κ2) is 14.2. The second-order valence-corrected chi connectivity index (χ2v) is 18.5. The normalized spacial score (nSPS) is 18.6. The van der Waals surface area contributed by atoms with Gasteiger partial charge in [-0.2, -0.15) is 10.2 Å². The molecule has 0 saturated carbocycles. The van der Waals surface area contributed by atoms with Crippen molar-refractivity contribution in [3.05, 3.63) is 53.3 Å². The van der Waals surface area contributed by atoms with Crippen molar-refractivity contribution in [3.63, 3.8) is 0 Å². The third kappa shape index (κ3) is 8.25. The lowest BCUT2D eigenvalue weighted by Gasteiger charge is -2.38. The van der Waals surface area contributed by atoms with Gasteiger partial charge in [0.25, 0.3) is 0 Å². The summed E-state index contributed by atoms with van der Waals surface area (Å²) in [5.41, 5.74) is 5.16. The number of hydroxylamine groups is 3. The molecule has 2 aliphatic heterocycles. The van der Waals surface area contributed by atoms with Crippen LogP contribution in [0.1, 0.15) is 70.4 Å². The number of fused-ring (bicyclic) bond motifs is 4. The van der Waals surface area contributed by atoms with Crippen LogP contribution in [-0.2, 0) is 32.1 Å². The van der Waals surface area contributed by atoms with E-state index in [2.05, 4.69) is 59.9 Å². The van der Waals surface area contributed by atoms with Gasteiger partial charge in [0.1, 0.15) is 36.7 Å². The standard InChI is InChI=1S/C31H48N8O6Si/c1-30(2,3)44-28(40)33-16-18-42-35-15-17-38-25-23(19-34-38)24-20-37(29(41)39(24)43-21-22-13-11-10-12-14-22)26(25)27(32-7)36-45-46(8,9)31(4,5)6/h10-15,19,24,26H,16-18,20-21H2,1-9H3,(H,32,36)(H,33,40)/b35-15+/t24-,26-/m0/s1. The van der Waals surface area contributed by atoms with Crippen molar-refractivity contribution in [3.8, 4) is 0 Å². The molecular formula is C31H48N8O6Si. The maximum absolute atomic E-state index is 13.9. The highest BCUT2D eigenvalue weighted by Gasteiger charge is 2.52. The van der Waals surface area contributed by atoms with Crippen LogP contribution in [0.4, 0.5) is 9.59 Å². The predicted molar refractivity (Wildman–Crippen MR) is 176 cm³/mol. The van der Waals surface area contributed by atoms with E-state index in [9.17, 15) is 9.59 Å². The molecule has 2 aromatic rings. The zero-order valence-electron chi connectivity index (χ0n) is 28.4. The number of carbonyl (C=O) groups excluding carboxylic acids is 2. The highest BCUT2D eigenvalue weighted by Crippen LogP contribution is 2.44. The summed E-state index contributed by atoms with van der Waals surface area (Å²) in [6, 6.07) is 8.50. The van der Waals surface area contributed by atoms with Gasteiger partial charge in [-0.25, -0.2) is 9.59 Å². The van der Waals surface area contributed by atoms with Gasteiger partial charge in [0.05, 0.1) is 37.7 Å². The number of aromatic nitrogens is 2. The van der Waals surface area contributed by atoms with E-state index in [1.165, 1.54) is 5.06 Å². The van der Waals surface area contributed by atoms with Crippen molar-refractivity contribution in [2.45, 2.75) is 90.5 Å². The first-order chi connectivity index (χ1) is 21.6. The van der Waals surface area contributed by atoms with Gasteiger partial charge in [-0.05, 0) is 44.5 Å². The van der Waals surface area contributed by atoms with Crippen LogP contribution in [0, 0.1) is 0 Å². The molecular weight excluding hydrogens is 608 g/mol. The number of oxime groups is 1. The summed E-state index contributed by atoms with van der Waals surface area (Å²) < 4.78 is 13.3. The molecule has 252 valence electrons. The predicted octanol–water partition coefficient (Wildman–Crippen LogP) is 4.93. The highest BCUT2D eigenvalue weighted by molar-refractivity contribution is 6.74. The van der Waals surface area contributed by atoms with Gasteiger partial charge in [-0.15, -0.1) is 0 Å². The summed E-state index contributed by atoms with van der Waals surface area (Å²) in [7, 11) is -0.545. The maximum atomic E-state index is 13.9. The molecule has 2 aliphatic rings. The van der Waals surface area contributed by atoms with Gasteiger partial charge >= 0.3 is 12.1 Å². The zero-order valence-corrected chi connectivity index (χ0v) is 29.4. The van der Waals surface area contributed by atoms with Crippen LogP contribution in [0.2, 0.25) is 18.1 Å². The number of hydrogen-bond donors (Lipinski definition) is 2. The number of rotatable bonds is 12. The number of amides is 3. The maximum Gasteiger partial charge on any atom is 0.407 e. The number of ether oxygens (including phenoxy) is 1. The molecule has 3 amide bonds. The SMILES string of the molecule is CN=C(NO[Si](C)(C)C(C)(C)C)[C@@H]1c2c(cnn2C/C=N/OCCNC(=O)OC(C)(C)C)[C@@H]2CN1C(=O)N2OCc1ccccc1. The summed E-state index contributed by atoms with van der Waals surface area (Å²) >= 11 is 0. The summed E-state index contributed by atoms with van der Waals surface area (Å²) in [5, 5.41) is 12.7. The molecule has 0 spiro atoms. The van der Waals surface area contributed by atoms with Gasteiger partial charge < -0.3 is 24.3 Å². The first-order valence-corrected chi connectivity index (χ1v) is 18.4. The highest BCUT2D eigenvalue weighted by atomic mass is 28.4. The molecule has 0 radical (unpaired) electrons. The van der Waals surface area contributed by atoms with E-state index in [4.69, 9.17) is 18.9 Å². The van der Waals surface area contributed by atoms with Gasteiger partial charge in [-0.3, -0.25) is 20.0 Å². The smallest absolute Gasteiger partial charge is 0.407 e. The number of nitrogens with zero attached hydrogens (tertiary/aromatic N) is 6. The minimum absolute atomic E-state index is 0.0477. The van der Waals surface area contributed by atoms with Crippen molar-refractivity contribution in [2.75, 3.05) is 26.7 Å². The Hall–Kier alpha value is -3.95. The van der Waals surface area contributed by atoms with Crippen LogP contribution in [0.15, 0.2) is 46.7 Å². The van der Waals surface area contributed by atoms with E-state index < -0.39 is 26.1 Å². The first kappa shape index (κ1) is 34.9. The van der Waals surface area contributed by atoms with Crippen LogP contribution in [0.5, 0.6) is 0 Å². The van der Waals surface area contributed by atoms with Crippen molar-refractivity contribution in [1.82, 2.24) is 30.5 Å². The molecule has 4 rings (SSSR count). The van der Waals surface area contributed by atoms with E-state index in [0.29, 0.717) is 12.4 Å². The Balaban J connectivity index is 1.52. The van der Waals surface area contributed by atoms with Gasteiger partial charge in [0.15, 0.2) is 0 Å². The van der Waals surface area contributed by atoms with E-state index in [0.717, 1.165) is 16.8 Å². The third-order valence-electron chi connectivity index (χ3n) is 8.12. The van der Waals surface area contributed by atoms with Crippen molar-refractivity contribution < 1.29 is 28.5 Å². The van der Waals surface area contributed by atoms with E-state index in [-0.39, 0.29) is 43.4 Å². The lowest BCUT2D eigenvalue weighted by molar-refractivity contribution is -0.141. The number of benzene rings is 1. The number of aliphatic imine (C=N–C) groups is 1. The minimum atomic E-state index is -2.22. The van der Waals surface area contributed by atoms with Gasteiger partial charge in [0.2, 0.25) is 8.32 Å². The molecule has 46 heavy (non-hydrogen) atoms. The summed E-state index contributed by atoms with van der Waals surface area (Å²) in [4.78, 5) is 43.4. The van der Waals surface area contributed by atoms with Crippen molar-refractivity contribution >= 4 is 32.5 Å². The number of hydrogen-bond acceptors (Lipinski definition) is 9. The molecule has 1 aromatic heterocycles. The molecule has 1 aromatic carbocycles. The lowest BCUT2D eigenvalue weighted by Crippen LogP contribution is -2.50. The average molecular weight is 657 g/mol. The van der Waals surface area contributed by atoms with Crippen LogP contribution >= 0.6 is 0 Å². The van der Waals surface area contributed by atoms with Gasteiger partial charge in [0, 0.05) is 12.6 Å². The molecule has 14 nitrogen and oxygen atoms in total. The average Bonchev–Trinajstić information content (AvgIpc) is 3.51. The van der Waals surface area contributed by atoms with E-state index >= 15 is 0 Å². The Kier molecular flexibility index (Phi) is 10.8. The molecule has 1 fully saturated rings. The van der Waals surface area contributed by atoms with Crippen LogP contribution in [-0.4, -0.2) is 84.6 Å². The van der Waals surface area contributed by atoms with E-state index in [1.807, 2.05) is 30.3 Å². The van der Waals surface area contributed by atoms with Crippen molar-refractivity contribution in [1.29, 1.82) is 0 Å². The Morgan fingerprint density at radius 1 is 1.15 bits per heavy atom. The summed E-state index contributed by atoms with van der Waals surface area (Å²) in [6.07, 6.45) is 2.83. The van der Waals surface area contributed by atoms with Crippen LogP contribution in [0.3, 0.4) is 0 Å². The Morgan fingerprint density at radius 3 is 2.52 bits per heavy atom. The Bertz CT molecular complexity index is 1420. The fraction of sp³-hybridized carbons (Fsp3) is 0.581. The van der Waals surface area contributed by atoms with Crippen LogP contribution < -0.4 is 10.8 Å². The number of nitrogens with one attached hydrogen (secondary N) is 2. The lowest BCUT2D eigenvalue weighted by atomic mass is 9.97. The Morgan fingerprint density at radius 2 is 1.87 bits per heavy atom. The molecule has 3 heterocycles. The topological polar surface area (TPSA) is 144 Å². The Labute approximate surface area is 272 Å². The summed E-state index contributed by atoms with van der Waals surface area (Å²) in [6.45, 7) is 17.5. The molecule has 0 aliphatic carbocycles. The number of alkyl carbamates (subject to hydrolysis) is 1. The molecule has 0 unspecified atom stereocenters. The number of carbonyl (C=O) groups is 2. The molecule has 1 saturated heterocycles. The molecule has 2 N–H and O–H groups in total. The summed E-state index contributed by atoms with van der Waals surface area (Å²) in [5.74, 6) is 0.492. The third-order valence-corrected chi connectivity index (χ3v) is 12.3. The fourth-order valence-corrected chi connectivity index (χ4v) is 5.39. The van der Waals surface area contributed by atoms with Crippen LogP contribution in [0.25, 0.3) is 0 Å². The second-order valence-electron chi connectivity index (χ2n) is 13.7. The number of urea groups is 1. The first-order valence-electron chi connectivity index (χ1n) is 15.5. The van der Waals surface area contributed by atoms with Crippen molar-refractivity contribution in [2.24, 2.45) is 10.1 Å². The monoisotopic (exact) mass is 656 g/mol. The zero-order chi connectivity index (χ0) is 33.7. The fourth-order valence-electron chi connectivity index (χ4n) is 4.72. The van der Waals surface area contributed by atoms with Gasteiger partial charge in [-0.1, -0.05) is 56.3 Å². The van der Waals surface area contributed by atoms with E-state index in [1.54, 1.807) is 49.8 Å². The molecule has 2 bridgehead atoms.